The predicted molar refractivity (Wildman–Crippen MR) is 84.1 cm³/mol. The molecule has 2 atom stereocenters. The molecule has 0 unspecified atom stereocenters. The van der Waals surface area contributed by atoms with Gasteiger partial charge in [-0.25, -0.2) is 4.39 Å². The van der Waals surface area contributed by atoms with Crippen LogP contribution < -0.4 is 5.32 Å². The predicted octanol–water partition coefficient (Wildman–Crippen LogP) is 3.11. The molecule has 3 nitrogen and oxygen atoms in total. The first-order chi connectivity index (χ1) is 10.7. The number of nitrogens with zero attached hydrogens (tertiary/aromatic N) is 1. The van der Waals surface area contributed by atoms with Crippen molar-refractivity contribution >= 4 is 17.3 Å². The number of hydrogen-bond donors (Lipinski definition) is 1. The molecule has 1 spiro atoms. The molecule has 0 fully saturated rings. The first-order valence-electron chi connectivity index (χ1n) is 7.38. The molecular formula is C18H15FN2O. The van der Waals surface area contributed by atoms with E-state index in [-0.39, 0.29) is 5.91 Å². The van der Waals surface area contributed by atoms with Crippen molar-refractivity contribution in [3.05, 3.63) is 65.7 Å². The Morgan fingerprint density at radius 3 is 2.64 bits per heavy atom. The van der Waals surface area contributed by atoms with E-state index in [1.54, 1.807) is 0 Å². The van der Waals surface area contributed by atoms with Gasteiger partial charge in [0.25, 0.3) is 0 Å². The lowest BCUT2D eigenvalue weighted by atomic mass is 9.71. The van der Waals surface area contributed by atoms with Gasteiger partial charge in [-0.15, -0.1) is 0 Å². The number of carbonyl (C=O) groups excluding carboxylic acids is 1. The zero-order chi connectivity index (χ0) is 15.2. The Morgan fingerprint density at radius 2 is 1.82 bits per heavy atom. The fraction of sp³-hybridized carbons (Fsp3) is 0.222. The van der Waals surface area contributed by atoms with E-state index < -0.39 is 11.6 Å². The lowest BCUT2D eigenvalue weighted by Gasteiger charge is -2.34. The smallest absolute Gasteiger partial charge is 0.238 e. The normalized spacial score (nSPS) is 26.5. The summed E-state index contributed by atoms with van der Waals surface area (Å²) in [5, 5.41) is 2.83. The molecule has 0 bridgehead atoms. The van der Waals surface area contributed by atoms with Gasteiger partial charge in [0.2, 0.25) is 5.91 Å². The van der Waals surface area contributed by atoms with Gasteiger partial charge in [0, 0.05) is 12.2 Å². The molecule has 1 amide bonds. The fourth-order valence-corrected chi connectivity index (χ4v) is 3.48. The molecular weight excluding hydrogens is 279 g/mol. The van der Waals surface area contributed by atoms with Gasteiger partial charge >= 0.3 is 0 Å². The van der Waals surface area contributed by atoms with Crippen molar-refractivity contribution in [1.82, 2.24) is 0 Å². The number of aliphatic imine (C=N–C) groups is 1. The Bertz CT molecular complexity index is 772. The van der Waals surface area contributed by atoms with Crippen molar-refractivity contribution in [2.45, 2.75) is 18.0 Å². The SMILES string of the molecule is O=C1Nc2ccccc2[C@]12CCN=C(c1ccccc1)[C@H]2F. The zero-order valence-electron chi connectivity index (χ0n) is 11.9. The number of carbonyl (C=O) groups is 1. The highest BCUT2D eigenvalue weighted by molar-refractivity contribution is 6.14. The summed E-state index contributed by atoms with van der Waals surface area (Å²) in [4.78, 5) is 17.0. The largest absolute Gasteiger partial charge is 0.325 e. The Hall–Kier alpha value is -2.49. The Balaban J connectivity index is 1.85. The highest BCUT2D eigenvalue weighted by atomic mass is 19.1. The summed E-state index contributed by atoms with van der Waals surface area (Å²) in [6, 6.07) is 16.6. The molecule has 0 radical (unpaired) electrons. The van der Waals surface area contributed by atoms with Gasteiger partial charge < -0.3 is 5.32 Å². The number of hydrogen-bond acceptors (Lipinski definition) is 2. The molecule has 22 heavy (non-hydrogen) atoms. The maximum Gasteiger partial charge on any atom is 0.238 e. The topological polar surface area (TPSA) is 41.5 Å². The van der Waals surface area contributed by atoms with Gasteiger partial charge in [-0.2, -0.15) is 0 Å². The van der Waals surface area contributed by atoms with Crippen molar-refractivity contribution in [3.63, 3.8) is 0 Å². The second kappa shape index (κ2) is 4.77. The van der Waals surface area contributed by atoms with Gasteiger partial charge in [0.1, 0.15) is 5.41 Å². The van der Waals surface area contributed by atoms with E-state index >= 15 is 4.39 Å². The highest BCUT2D eigenvalue weighted by Crippen LogP contribution is 2.46. The van der Waals surface area contributed by atoms with E-state index in [2.05, 4.69) is 10.3 Å². The van der Waals surface area contributed by atoms with Crippen molar-refractivity contribution in [3.8, 4) is 0 Å². The minimum atomic E-state index is -1.44. The van der Waals surface area contributed by atoms with Gasteiger partial charge in [0.15, 0.2) is 6.17 Å². The second-order valence-corrected chi connectivity index (χ2v) is 5.72. The number of fused-ring (bicyclic) bond motifs is 2. The number of halogens is 1. The van der Waals surface area contributed by atoms with Crippen LogP contribution in [0.4, 0.5) is 10.1 Å². The second-order valence-electron chi connectivity index (χ2n) is 5.72. The van der Waals surface area contributed by atoms with Crippen LogP contribution in [0, 0.1) is 0 Å². The highest BCUT2D eigenvalue weighted by Gasteiger charge is 2.55. The summed E-state index contributed by atoms with van der Waals surface area (Å²) in [7, 11) is 0. The lowest BCUT2D eigenvalue weighted by molar-refractivity contribution is -0.122. The molecule has 0 saturated heterocycles. The maximum atomic E-state index is 15.4. The Morgan fingerprint density at radius 1 is 1.09 bits per heavy atom. The van der Waals surface area contributed by atoms with Crippen LogP contribution in [0.3, 0.4) is 0 Å². The summed E-state index contributed by atoms with van der Waals surface area (Å²) < 4.78 is 15.4. The number of nitrogens with one attached hydrogen (secondary N) is 1. The zero-order valence-corrected chi connectivity index (χ0v) is 11.9. The minimum absolute atomic E-state index is 0.260. The Kier molecular flexibility index (Phi) is 2.86. The first kappa shape index (κ1) is 13.2. The standard InChI is InChI=1S/C18H15FN2O/c19-16-15(12-6-2-1-3-7-12)20-11-10-18(16)13-8-4-5-9-14(13)21-17(18)22/h1-9,16H,10-11H2,(H,21,22)/t16-,18+/m1/s1. The third-order valence-electron chi connectivity index (χ3n) is 4.59. The third kappa shape index (κ3) is 1.67. The van der Waals surface area contributed by atoms with E-state index in [0.717, 1.165) is 11.1 Å². The minimum Gasteiger partial charge on any atom is -0.325 e. The monoisotopic (exact) mass is 294 g/mol. The number of para-hydroxylation sites is 1. The van der Waals surface area contributed by atoms with Crippen molar-refractivity contribution in [1.29, 1.82) is 0 Å². The summed E-state index contributed by atoms with van der Waals surface area (Å²) >= 11 is 0. The summed E-state index contributed by atoms with van der Waals surface area (Å²) in [5.41, 5.74) is 1.43. The lowest BCUT2D eigenvalue weighted by Crippen LogP contribution is -2.50. The number of amides is 1. The third-order valence-corrected chi connectivity index (χ3v) is 4.59. The van der Waals surface area contributed by atoms with Crippen LogP contribution in [0.5, 0.6) is 0 Å². The first-order valence-corrected chi connectivity index (χ1v) is 7.38. The van der Waals surface area contributed by atoms with Crippen LogP contribution in [0.15, 0.2) is 59.6 Å². The molecule has 0 saturated carbocycles. The van der Waals surface area contributed by atoms with Gasteiger partial charge in [0.05, 0.1) is 5.71 Å². The molecule has 4 heteroatoms. The van der Waals surface area contributed by atoms with Crippen LogP contribution >= 0.6 is 0 Å². The number of rotatable bonds is 1. The molecule has 0 aromatic heterocycles. The molecule has 2 aliphatic rings. The molecule has 2 aromatic carbocycles. The summed E-state index contributed by atoms with van der Waals surface area (Å²) in [6.07, 6.45) is -1.04. The number of alkyl halides is 1. The van der Waals surface area contributed by atoms with Crippen LogP contribution in [-0.4, -0.2) is 24.3 Å². The fourth-order valence-electron chi connectivity index (χ4n) is 3.48. The van der Waals surface area contributed by atoms with Crippen molar-refractivity contribution < 1.29 is 9.18 Å². The van der Waals surface area contributed by atoms with Crippen molar-refractivity contribution in [2.75, 3.05) is 11.9 Å². The molecule has 110 valence electrons. The molecule has 2 heterocycles. The van der Waals surface area contributed by atoms with E-state index in [0.29, 0.717) is 24.4 Å². The van der Waals surface area contributed by atoms with Gasteiger partial charge in [-0.05, 0) is 23.6 Å². The van der Waals surface area contributed by atoms with Gasteiger partial charge in [-0.3, -0.25) is 9.79 Å². The quantitative estimate of drug-likeness (QED) is 0.862. The summed E-state index contributed by atoms with van der Waals surface area (Å²) in [6.45, 7) is 0.451. The van der Waals surface area contributed by atoms with Crippen LogP contribution in [-0.2, 0) is 10.2 Å². The van der Waals surface area contributed by atoms with Crippen LogP contribution in [0.25, 0.3) is 0 Å². The van der Waals surface area contributed by atoms with E-state index in [1.807, 2.05) is 54.6 Å². The average molecular weight is 294 g/mol. The molecule has 2 aromatic rings. The van der Waals surface area contributed by atoms with Gasteiger partial charge in [-0.1, -0.05) is 48.5 Å². The average Bonchev–Trinajstić information content (AvgIpc) is 2.84. The number of benzene rings is 2. The molecule has 0 aliphatic carbocycles. The maximum absolute atomic E-state index is 15.4. The van der Waals surface area contributed by atoms with Crippen LogP contribution in [0.2, 0.25) is 0 Å². The Labute approximate surface area is 127 Å². The molecule has 2 aliphatic heterocycles. The van der Waals surface area contributed by atoms with Crippen molar-refractivity contribution in [2.24, 2.45) is 4.99 Å². The molecule has 4 rings (SSSR count). The summed E-state index contributed by atoms with van der Waals surface area (Å²) in [5.74, 6) is -0.260. The number of anilines is 1. The van der Waals surface area contributed by atoms with E-state index in [4.69, 9.17) is 0 Å². The van der Waals surface area contributed by atoms with Crippen LogP contribution in [0.1, 0.15) is 17.5 Å². The molecule has 1 N–H and O–H groups in total. The van der Waals surface area contributed by atoms with E-state index in [1.165, 1.54) is 0 Å². The van der Waals surface area contributed by atoms with E-state index in [9.17, 15) is 4.79 Å².